The Hall–Kier alpha value is -1.01. The molecular weight excluding hydrogens is 342 g/mol. The Morgan fingerprint density at radius 1 is 1.35 bits per heavy atom. The third-order valence-corrected chi connectivity index (χ3v) is 4.36. The number of thioether (sulfide) groups is 1. The van der Waals surface area contributed by atoms with Crippen LogP contribution in [0.25, 0.3) is 0 Å². The van der Waals surface area contributed by atoms with E-state index in [1.807, 2.05) is 31.2 Å². The smallest absolute Gasteiger partial charge is 0.305 e. The molecule has 1 rings (SSSR count). The standard InChI is InChI=1S/C14H18BrNO3S/c1-3-16(10(2)8-14(18)19)13(17)9-20-12-6-4-11(15)5-7-12/h4-7,10H,3,8-9H2,1-2H3,(H,18,19). The van der Waals surface area contributed by atoms with Gasteiger partial charge in [0.15, 0.2) is 0 Å². The molecule has 0 aliphatic carbocycles. The number of carbonyl (C=O) groups excluding carboxylic acids is 1. The monoisotopic (exact) mass is 359 g/mol. The quantitative estimate of drug-likeness (QED) is 0.759. The highest BCUT2D eigenvalue weighted by Gasteiger charge is 2.20. The Balaban J connectivity index is 2.54. The second-order valence-corrected chi connectivity index (χ2v) is 6.33. The van der Waals surface area contributed by atoms with Crippen molar-refractivity contribution in [2.75, 3.05) is 12.3 Å². The van der Waals surface area contributed by atoms with Crippen molar-refractivity contribution in [2.24, 2.45) is 0 Å². The predicted octanol–water partition coefficient (Wildman–Crippen LogP) is 3.25. The Morgan fingerprint density at radius 3 is 2.45 bits per heavy atom. The minimum atomic E-state index is -0.885. The third-order valence-electron chi connectivity index (χ3n) is 2.84. The van der Waals surface area contributed by atoms with Gasteiger partial charge < -0.3 is 10.0 Å². The number of aliphatic carboxylic acids is 1. The molecule has 0 fully saturated rings. The largest absolute Gasteiger partial charge is 0.481 e. The van der Waals surface area contributed by atoms with Crippen molar-refractivity contribution in [2.45, 2.75) is 31.2 Å². The van der Waals surface area contributed by atoms with Crippen LogP contribution in [0.5, 0.6) is 0 Å². The van der Waals surface area contributed by atoms with E-state index in [9.17, 15) is 9.59 Å². The third kappa shape index (κ3) is 5.54. The highest BCUT2D eigenvalue weighted by Crippen LogP contribution is 2.21. The minimum absolute atomic E-state index is 0.0253. The van der Waals surface area contributed by atoms with E-state index in [-0.39, 0.29) is 18.4 Å². The molecule has 0 aliphatic rings. The molecule has 1 N–H and O–H groups in total. The van der Waals surface area contributed by atoms with Crippen molar-refractivity contribution in [3.8, 4) is 0 Å². The summed E-state index contributed by atoms with van der Waals surface area (Å²) in [6, 6.07) is 7.46. The number of rotatable bonds is 7. The molecule has 0 spiro atoms. The normalized spacial score (nSPS) is 11.9. The summed E-state index contributed by atoms with van der Waals surface area (Å²) in [4.78, 5) is 25.5. The number of hydrogen-bond acceptors (Lipinski definition) is 3. The van der Waals surface area contributed by atoms with E-state index in [0.29, 0.717) is 12.3 Å². The zero-order valence-electron chi connectivity index (χ0n) is 11.5. The molecule has 0 radical (unpaired) electrons. The Morgan fingerprint density at radius 2 is 1.95 bits per heavy atom. The molecule has 0 aromatic heterocycles. The van der Waals surface area contributed by atoms with Gasteiger partial charge in [0.1, 0.15) is 0 Å². The lowest BCUT2D eigenvalue weighted by Gasteiger charge is -2.26. The van der Waals surface area contributed by atoms with Crippen LogP contribution in [0.3, 0.4) is 0 Å². The van der Waals surface area contributed by atoms with Crippen molar-refractivity contribution in [3.63, 3.8) is 0 Å². The molecule has 0 heterocycles. The maximum Gasteiger partial charge on any atom is 0.305 e. The topological polar surface area (TPSA) is 57.6 Å². The summed E-state index contributed by atoms with van der Waals surface area (Å²) in [6.45, 7) is 4.15. The number of carbonyl (C=O) groups is 2. The number of amides is 1. The van der Waals surface area contributed by atoms with Gasteiger partial charge in [0, 0.05) is 22.0 Å². The molecule has 1 amide bonds. The first-order chi connectivity index (χ1) is 9.43. The first-order valence-electron chi connectivity index (χ1n) is 6.33. The summed E-state index contributed by atoms with van der Waals surface area (Å²) in [6.07, 6.45) is -0.0253. The molecule has 1 unspecified atom stereocenters. The van der Waals surface area contributed by atoms with Crippen molar-refractivity contribution >= 4 is 39.6 Å². The van der Waals surface area contributed by atoms with Crippen LogP contribution in [0.1, 0.15) is 20.3 Å². The summed E-state index contributed by atoms with van der Waals surface area (Å²) in [5.74, 6) is -0.599. The van der Waals surface area contributed by atoms with Gasteiger partial charge in [-0.25, -0.2) is 0 Å². The first-order valence-corrected chi connectivity index (χ1v) is 8.11. The highest BCUT2D eigenvalue weighted by molar-refractivity contribution is 9.10. The molecular formula is C14H18BrNO3S. The van der Waals surface area contributed by atoms with Gasteiger partial charge in [0.25, 0.3) is 0 Å². The predicted molar refractivity (Wildman–Crippen MR) is 84.0 cm³/mol. The van der Waals surface area contributed by atoms with Crippen LogP contribution in [0, 0.1) is 0 Å². The Labute approximate surface area is 131 Å². The molecule has 0 saturated carbocycles. The fourth-order valence-electron chi connectivity index (χ4n) is 1.86. The average Bonchev–Trinajstić information content (AvgIpc) is 2.38. The van der Waals surface area contributed by atoms with Crippen LogP contribution in [-0.2, 0) is 9.59 Å². The first kappa shape index (κ1) is 17.0. The number of benzene rings is 1. The lowest BCUT2D eigenvalue weighted by Crippen LogP contribution is -2.40. The van der Waals surface area contributed by atoms with Crippen molar-refractivity contribution in [3.05, 3.63) is 28.7 Å². The zero-order chi connectivity index (χ0) is 15.1. The molecule has 6 heteroatoms. The number of carboxylic acid groups (broad SMARTS) is 1. The fraction of sp³-hybridized carbons (Fsp3) is 0.429. The van der Waals surface area contributed by atoms with Crippen molar-refractivity contribution in [1.82, 2.24) is 4.90 Å². The minimum Gasteiger partial charge on any atom is -0.481 e. The van der Waals surface area contributed by atoms with Crippen LogP contribution in [0.15, 0.2) is 33.6 Å². The lowest BCUT2D eigenvalue weighted by atomic mass is 10.2. The summed E-state index contributed by atoms with van der Waals surface area (Å²) >= 11 is 4.82. The van der Waals surface area contributed by atoms with Crippen LogP contribution < -0.4 is 0 Å². The summed E-state index contributed by atoms with van der Waals surface area (Å²) < 4.78 is 0.999. The zero-order valence-corrected chi connectivity index (χ0v) is 13.9. The van der Waals surface area contributed by atoms with E-state index in [0.717, 1.165) is 9.37 Å². The van der Waals surface area contributed by atoms with E-state index in [1.165, 1.54) is 11.8 Å². The van der Waals surface area contributed by atoms with Crippen LogP contribution in [0.2, 0.25) is 0 Å². The van der Waals surface area contributed by atoms with E-state index in [4.69, 9.17) is 5.11 Å². The molecule has 1 aromatic carbocycles. The van der Waals surface area contributed by atoms with Crippen molar-refractivity contribution in [1.29, 1.82) is 0 Å². The van der Waals surface area contributed by atoms with Gasteiger partial charge in [-0.3, -0.25) is 9.59 Å². The second-order valence-electron chi connectivity index (χ2n) is 4.37. The molecule has 0 saturated heterocycles. The molecule has 1 aromatic rings. The molecule has 20 heavy (non-hydrogen) atoms. The van der Waals surface area contributed by atoms with Crippen LogP contribution in [0.4, 0.5) is 0 Å². The second kappa shape index (κ2) is 8.32. The molecule has 1 atom stereocenters. The average molecular weight is 360 g/mol. The van der Waals surface area contributed by atoms with Crippen LogP contribution >= 0.6 is 27.7 Å². The maximum absolute atomic E-state index is 12.1. The van der Waals surface area contributed by atoms with Gasteiger partial charge in [0.2, 0.25) is 5.91 Å². The summed E-state index contributed by atoms with van der Waals surface area (Å²) in [7, 11) is 0. The molecule has 110 valence electrons. The van der Waals surface area contributed by atoms with Gasteiger partial charge >= 0.3 is 5.97 Å². The van der Waals surface area contributed by atoms with E-state index < -0.39 is 5.97 Å². The van der Waals surface area contributed by atoms with Crippen molar-refractivity contribution < 1.29 is 14.7 Å². The number of nitrogens with zero attached hydrogens (tertiary/aromatic N) is 1. The summed E-state index contributed by atoms with van der Waals surface area (Å²) in [5.41, 5.74) is 0. The van der Waals surface area contributed by atoms with E-state index in [2.05, 4.69) is 15.9 Å². The lowest BCUT2D eigenvalue weighted by molar-refractivity contribution is -0.139. The maximum atomic E-state index is 12.1. The van der Waals surface area contributed by atoms with Gasteiger partial charge in [-0.15, -0.1) is 11.8 Å². The number of halogens is 1. The number of carboxylic acids is 1. The van der Waals surface area contributed by atoms with Gasteiger partial charge in [0.05, 0.1) is 12.2 Å². The van der Waals surface area contributed by atoms with Gasteiger partial charge in [-0.05, 0) is 38.1 Å². The SMILES string of the molecule is CCN(C(=O)CSc1ccc(Br)cc1)C(C)CC(=O)O. The van der Waals surface area contributed by atoms with Gasteiger partial charge in [-0.1, -0.05) is 15.9 Å². The van der Waals surface area contributed by atoms with E-state index in [1.54, 1.807) is 11.8 Å². The Bertz CT molecular complexity index is 464. The van der Waals surface area contributed by atoms with Gasteiger partial charge in [-0.2, -0.15) is 0 Å². The molecule has 4 nitrogen and oxygen atoms in total. The molecule has 0 aliphatic heterocycles. The van der Waals surface area contributed by atoms with Crippen LogP contribution in [-0.4, -0.2) is 40.2 Å². The summed E-state index contributed by atoms with van der Waals surface area (Å²) in [5, 5.41) is 8.80. The van der Waals surface area contributed by atoms with E-state index >= 15 is 0 Å². The highest BCUT2D eigenvalue weighted by atomic mass is 79.9. The fourth-order valence-corrected chi connectivity index (χ4v) is 2.90. The molecule has 0 bridgehead atoms. The number of hydrogen-bond donors (Lipinski definition) is 1. The Kier molecular flexibility index (Phi) is 7.09.